The van der Waals surface area contributed by atoms with Crippen LogP contribution in [0.2, 0.25) is 0 Å². The molecule has 3 N–H and O–H groups in total. The molecule has 6 heteroatoms. The Hall–Kier alpha value is -1.24. The predicted octanol–water partition coefficient (Wildman–Crippen LogP) is 1.34. The van der Waals surface area contributed by atoms with Gasteiger partial charge in [-0.15, -0.1) is 0 Å². The minimum atomic E-state index is -2.23. The first-order chi connectivity index (χ1) is 7.11. The molecule has 4 nitrogen and oxygen atoms in total. The molecule has 0 aromatic heterocycles. The van der Waals surface area contributed by atoms with Crippen molar-refractivity contribution in [1.29, 1.82) is 0 Å². The Morgan fingerprint density at radius 3 is 2.53 bits per heavy atom. The molecule has 15 heavy (non-hydrogen) atoms. The molecule has 80 valence electrons. The fraction of sp³-hybridized carbons (Fsp3) is 0. The van der Waals surface area contributed by atoms with Crippen molar-refractivity contribution in [3.63, 3.8) is 0 Å². The van der Waals surface area contributed by atoms with Crippen molar-refractivity contribution in [1.82, 2.24) is 4.31 Å². The molecule has 1 rings (SSSR count). The van der Waals surface area contributed by atoms with Gasteiger partial charge in [0.2, 0.25) is 0 Å². The summed E-state index contributed by atoms with van der Waals surface area (Å²) >= 11 is 2.38. The van der Waals surface area contributed by atoms with Gasteiger partial charge in [0.1, 0.15) is 0 Å². The van der Waals surface area contributed by atoms with Crippen LogP contribution in [0.3, 0.4) is 0 Å². The third-order valence-electron chi connectivity index (χ3n) is 1.59. The Kier molecular flexibility index (Phi) is 4.41. The summed E-state index contributed by atoms with van der Waals surface area (Å²) in [6.07, 6.45) is 3.01. The zero-order valence-corrected chi connectivity index (χ0v) is 9.37. The molecule has 0 heterocycles. The van der Waals surface area contributed by atoms with E-state index in [9.17, 15) is 4.21 Å². The van der Waals surface area contributed by atoms with Crippen LogP contribution >= 0.6 is 12.2 Å². The second kappa shape index (κ2) is 5.59. The van der Waals surface area contributed by atoms with Crippen molar-refractivity contribution >= 4 is 34.7 Å². The van der Waals surface area contributed by atoms with E-state index < -0.39 is 11.3 Å². The molecular weight excluding hydrogens is 232 g/mol. The first-order valence-electron chi connectivity index (χ1n) is 4.04. The smallest absolute Gasteiger partial charge is 0.267 e. The second-order valence-electron chi connectivity index (χ2n) is 2.62. The van der Waals surface area contributed by atoms with Crippen LogP contribution in [0.4, 0.5) is 0 Å². The molecule has 1 unspecified atom stereocenters. The number of nitrogens with two attached hydrogens (primary N) is 1. The number of rotatable bonds is 3. The van der Waals surface area contributed by atoms with Crippen LogP contribution in [0.5, 0.6) is 0 Å². The fourth-order valence-corrected chi connectivity index (χ4v) is 1.49. The van der Waals surface area contributed by atoms with Crippen LogP contribution in [0, 0.1) is 0 Å². The van der Waals surface area contributed by atoms with Crippen molar-refractivity contribution in [3.05, 3.63) is 42.1 Å². The Balaban J connectivity index is 2.79. The van der Waals surface area contributed by atoms with Crippen LogP contribution in [-0.2, 0) is 11.3 Å². The van der Waals surface area contributed by atoms with E-state index in [1.807, 2.05) is 30.3 Å². The predicted molar refractivity (Wildman–Crippen MR) is 64.9 cm³/mol. The highest BCUT2D eigenvalue weighted by Crippen LogP contribution is 2.03. The summed E-state index contributed by atoms with van der Waals surface area (Å²) in [5, 5.41) is -0.150. The molecule has 0 fully saturated rings. The molecule has 0 bridgehead atoms. The number of hydrogen-bond donors (Lipinski definition) is 2. The third kappa shape index (κ3) is 3.78. The molecule has 0 saturated carbocycles. The maximum atomic E-state index is 10.8. The highest BCUT2D eigenvalue weighted by molar-refractivity contribution is 7.83. The fourth-order valence-electron chi connectivity index (χ4n) is 0.920. The maximum Gasteiger partial charge on any atom is 0.267 e. The van der Waals surface area contributed by atoms with E-state index in [-0.39, 0.29) is 5.11 Å². The molecule has 1 atom stereocenters. The van der Waals surface area contributed by atoms with E-state index in [0.717, 1.165) is 9.87 Å². The normalized spacial score (nSPS) is 12.6. The van der Waals surface area contributed by atoms with E-state index in [0.29, 0.717) is 0 Å². The summed E-state index contributed by atoms with van der Waals surface area (Å²) in [7, 11) is 0. The van der Waals surface area contributed by atoms with Crippen molar-refractivity contribution in [2.24, 2.45) is 5.73 Å². The van der Waals surface area contributed by atoms with Crippen molar-refractivity contribution < 1.29 is 8.76 Å². The van der Waals surface area contributed by atoms with Crippen LogP contribution in [0.25, 0.3) is 6.08 Å². The first kappa shape index (κ1) is 11.8. The van der Waals surface area contributed by atoms with Gasteiger partial charge < -0.3 is 5.73 Å². The lowest BCUT2D eigenvalue weighted by molar-refractivity contribution is 0.530. The van der Waals surface area contributed by atoms with Gasteiger partial charge in [-0.1, -0.05) is 30.3 Å². The molecule has 0 radical (unpaired) electrons. The molecule has 0 aliphatic heterocycles. The SMILES string of the molecule is NC(=S)N(C=Cc1ccccc1)S(=O)O. The molecule has 1 aromatic rings. The highest BCUT2D eigenvalue weighted by Gasteiger charge is 2.07. The Labute approximate surface area is 95.8 Å². The minimum absolute atomic E-state index is 0.150. The average Bonchev–Trinajstić information content (AvgIpc) is 2.18. The van der Waals surface area contributed by atoms with E-state index in [4.69, 9.17) is 10.3 Å². The van der Waals surface area contributed by atoms with Crippen LogP contribution < -0.4 is 5.73 Å². The zero-order chi connectivity index (χ0) is 11.3. The lowest BCUT2D eigenvalue weighted by Crippen LogP contribution is -2.32. The Bertz CT molecular complexity index is 378. The van der Waals surface area contributed by atoms with Gasteiger partial charge in [0.25, 0.3) is 11.3 Å². The summed E-state index contributed by atoms with van der Waals surface area (Å²) in [4.78, 5) is 0. The summed E-state index contributed by atoms with van der Waals surface area (Å²) in [5.74, 6) is 0. The number of benzene rings is 1. The van der Waals surface area contributed by atoms with E-state index in [1.165, 1.54) is 6.20 Å². The molecular formula is C9H10N2O2S2. The largest absolute Gasteiger partial charge is 0.375 e. The highest BCUT2D eigenvalue weighted by atomic mass is 32.2. The maximum absolute atomic E-state index is 10.8. The minimum Gasteiger partial charge on any atom is -0.375 e. The van der Waals surface area contributed by atoms with E-state index >= 15 is 0 Å². The van der Waals surface area contributed by atoms with Crippen LogP contribution in [0.15, 0.2) is 36.5 Å². The van der Waals surface area contributed by atoms with Gasteiger partial charge >= 0.3 is 0 Å². The summed E-state index contributed by atoms with van der Waals surface area (Å²) in [6.45, 7) is 0. The number of nitrogens with zero attached hydrogens (tertiary/aromatic N) is 1. The van der Waals surface area contributed by atoms with Gasteiger partial charge in [-0.05, 0) is 23.9 Å². The lowest BCUT2D eigenvalue weighted by atomic mass is 10.2. The molecule has 0 saturated heterocycles. The van der Waals surface area contributed by atoms with E-state index in [2.05, 4.69) is 12.2 Å². The lowest BCUT2D eigenvalue weighted by Gasteiger charge is -2.11. The van der Waals surface area contributed by atoms with Crippen molar-refractivity contribution in [3.8, 4) is 0 Å². The van der Waals surface area contributed by atoms with Gasteiger partial charge in [0.05, 0.1) is 0 Å². The monoisotopic (exact) mass is 242 g/mol. The number of hydrogen-bond acceptors (Lipinski definition) is 2. The summed E-state index contributed by atoms with van der Waals surface area (Å²) in [6, 6.07) is 9.32. The molecule has 0 aliphatic rings. The quantitative estimate of drug-likeness (QED) is 0.620. The van der Waals surface area contributed by atoms with E-state index in [1.54, 1.807) is 6.08 Å². The standard InChI is InChI=1S/C9H10N2O2S2/c10-9(14)11(15(12)13)7-6-8-4-2-1-3-5-8/h1-7H,(H2,10,14)(H,12,13). The third-order valence-corrected chi connectivity index (χ3v) is 2.55. The first-order valence-corrected chi connectivity index (χ1v) is 5.51. The van der Waals surface area contributed by atoms with Gasteiger partial charge in [-0.2, -0.15) is 0 Å². The summed E-state index contributed by atoms with van der Waals surface area (Å²) in [5.41, 5.74) is 6.15. The van der Waals surface area contributed by atoms with Gasteiger partial charge in [0.15, 0.2) is 5.11 Å². The van der Waals surface area contributed by atoms with Crippen molar-refractivity contribution in [2.75, 3.05) is 0 Å². The molecule has 0 spiro atoms. The van der Waals surface area contributed by atoms with Crippen molar-refractivity contribution in [2.45, 2.75) is 0 Å². The Morgan fingerprint density at radius 2 is 2.07 bits per heavy atom. The second-order valence-corrected chi connectivity index (χ2v) is 3.89. The number of thiocarbonyl (C=S) groups is 1. The average molecular weight is 242 g/mol. The van der Waals surface area contributed by atoms with Gasteiger partial charge in [0, 0.05) is 6.20 Å². The van der Waals surface area contributed by atoms with Gasteiger partial charge in [-0.25, -0.2) is 8.51 Å². The molecule has 0 aliphatic carbocycles. The van der Waals surface area contributed by atoms with Crippen LogP contribution in [-0.4, -0.2) is 18.2 Å². The summed E-state index contributed by atoms with van der Waals surface area (Å²) < 4.78 is 20.5. The molecule has 1 aromatic carbocycles. The zero-order valence-electron chi connectivity index (χ0n) is 7.74. The Morgan fingerprint density at radius 1 is 1.47 bits per heavy atom. The topological polar surface area (TPSA) is 66.6 Å². The van der Waals surface area contributed by atoms with Gasteiger partial charge in [-0.3, -0.25) is 4.55 Å². The van der Waals surface area contributed by atoms with Crippen LogP contribution in [0.1, 0.15) is 5.56 Å². The molecule has 0 amide bonds.